The molecule has 0 amide bonds. The summed E-state index contributed by atoms with van der Waals surface area (Å²) in [4.78, 5) is 10.3. The highest BCUT2D eigenvalue weighted by Gasteiger charge is 2.24. The summed E-state index contributed by atoms with van der Waals surface area (Å²) in [6.07, 6.45) is -0.287. The summed E-state index contributed by atoms with van der Waals surface area (Å²) in [5.74, 6) is -0.939. The van der Waals surface area contributed by atoms with E-state index in [1.165, 1.54) is 0 Å². The van der Waals surface area contributed by atoms with E-state index in [1.54, 1.807) is 0 Å². The highest BCUT2D eigenvalue weighted by Crippen LogP contribution is 2.00. The van der Waals surface area contributed by atoms with Crippen molar-refractivity contribution in [1.29, 1.82) is 0 Å². The van der Waals surface area contributed by atoms with Crippen molar-refractivity contribution < 1.29 is 15.0 Å². The molecular weight excluding hydrogens is 136 g/mol. The van der Waals surface area contributed by atoms with Crippen molar-refractivity contribution in [2.24, 2.45) is 0 Å². The van der Waals surface area contributed by atoms with Crippen LogP contribution in [0.4, 0.5) is 0 Å². The third kappa shape index (κ3) is 1.66. The quantitative estimate of drug-likeness (QED) is 0.354. The lowest BCUT2D eigenvalue weighted by Crippen LogP contribution is -2.54. The van der Waals surface area contributed by atoms with Crippen molar-refractivity contribution in [3.63, 3.8) is 0 Å². The van der Waals surface area contributed by atoms with E-state index in [1.807, 2.05) is 0 Å². The minimum absolute atomic E-state index is 0.266. The lowest BCUT2D eigenvalue weighted by atomic mass is 10.1. The molecule has 1 rings (SSSR count). The average Bonchev–Trinajstić information content (AvgIpc) is 1.88. The fourth-order valence-electron chi connectivity index (χ4n) is 0.877. The van der Waals surface area contributed by atoms with Crippen molar-refractivity contribution in [2.45, 2.75) is 18.6 Å². The Morgan fingerprint density at radius 3 is 2.70 bits per heavy atom. The van der Waals surface area contributed by atoms with E-state index in [2.05, 4.69) is 10.9 Å². The van der Waals surface area contributed by atoms with E-state index >= 15 is 0 Å². The first-order valence-corrected chi connectivity index (χ1v) is 3.09. The van der Waals surface area contributed by atoms with E-state index in [0.29, 0.717) is 6.54 Å². The second-order valence-electron chi connectivity index (χ2n) is 2.31. The number of hydrazine groups is 1. The van der Waals surface area contributed by atoms with E-state index in [4.69, 9.17) is 10.2 Å². The number of carboxylic acids is 1. The SMILES string of the molecule is O=C(O)[C@@H]1C[C@@H](O)CNN1. The molecule has 1 aliphatic heterocycles. The minimum Gasteiger partial charge on any atom is -0.480 e. The molecule has 10 heavy (non-hydrogen) atoms. The molecule has 58 valence electrons. The van der Waals surface area contributed by atoms with Crippen LogP contribution >= 0.6 is 0 Å². The largest absolute Gasteiger partial charge is 0.480 e. The summed E-state index contributed by atoms with van der Waals surface area (Å²) in [6.45, 7) is 0.407. The van der Waals surface area contributed by atoms with Gasteiger partial charge in [-0.25, -0.2) is 5.43 Å². The van der Waals surface area contributed by atoms with Crippen LogP contribution in [0.1, 0.15) is 6.42 Å². The summed E-state index contributed by atoms with van der Waals surface area (Å²) in [6, 6.07) is -0.663. The van der Waals surface area contributed by atoms with Crippen molar-refractivity contribution in [1.82, 2.24) is 10.9 Å². The van der Waals surface area contributed by atoms with Crippen LogP contribution in [0.2, 0.25) is 0 Å². The third-order valence-electron chi connectivity index (χ3n) is 1.42. The van der Waals surface area contributed by atoms with Gasteiger partial charge in [0.1, 0.15) is 6.04 Å². The van der Waals surface area contributed by atoms with Crippen molar-refractivity contribution in [3.8, 4) is 0 Å². The number of aliphatic hydroxyl groups excluding tert-OH is 1. The lowest BCUT2D eigenvalue weighted by molar-refractivity contribution is -0.141. The molecule has 0 aliphatic carbocycles. The first kappa shape index (κ1) is 7.46. The number of aliphatic carboxylic acids is 1. The Bertz CT molecular complexity index is 139. The Morgan fingerprint density at radius 1 is 1.60 bits per heavy atom. The van der Waals surface area contributed by atoms with Crippen LogP contribution in [0, 0.1) is 0 Å². The number of β-amino-alcohol motifs (C(OH)–C–C–N with tert-alkyl or cyclic N) is 1. The molecule has 1 heterocycles. The highest BCUT2D eigenvalue weighted by molar-refractivity contribution is 5.73. The van der Waals surface area contributed by atoms with E-state index in [9.17, 15) is 4.79 Å². The molecule has 0 aromatic heterocycles. The maximum absolute atomic E-state index is 10.3. The standard InChI is InChI=1S/C5H10N2O3/c8-3-1-4(5(9)10)7-6-2-3/h3-4,6-8H,1-2H2,(H,9,10)/t3-,4+/m1/s1. The highest BCUT2D eigenvalue weighted by atomic mass is 16.4. The Balaban J connectivity index is 2.39. The molecule has 0 bridgehead atoms. The van der Waals surface area contributed by atoms with E-state index < -0.39 is 18.1 Å². The predicted molar refractivity (Wildman–Crippen MR) is 33.2 cm³/mol. The maximum atomic E-state index is 10.3. The van der Waals surface area contributed by atoms with Crippen LogP contribution < -0.4 is 10.9 Å². The number of hydrogen-bond donors (Lipinski definition) is 4. The van der Waals surface area contributed by atoms with Crippen molar-refractivity contribution in [2.75, 3.05) is 6.54 Å². The smallest absolute Gasteiger partial charge is 0.322 e. The molecule has 1 aliphatic rings. The van der Waals surface area contributed by atoms with Gasteiger partial charge in [0.2, 0.25) is 0 Å². The van der Waals surface area contributed by atoms with Gasteiger partial charge in [0.05, 0.1) is 6.10 Å². The molecule has 0 radical (unpaired) electrons. The van der Waals surface area contributed by atoms with Crippen LogP contribution in [0.15, 0.2) is 0 Å². The molecule has 2 atom stereocenters. The fourth-order valence-corrected chi connectivity index (χ4v) is 0.877. The van der Waals surface area contributed by atoms with Crippen LogP contribution in [0.5, 0.6) is 0 Å². The number of carboxylic acid groups (broad SMARTS) is 1. The summed E-state index contributed by atoms with van der Waals surface area (Å²) in [7, 11) is 0. The zero-order chi connectivity index (χ0) is 7.56. The van der Waals surface area contributed by atoms with Crippen molar-refractivity contribution >= 4 is 5.97 Å². The maximum Gasteiger partial charge on any atom is 0.322 e. The molecule has 0 aromatic rings. The van der Waals surface area contributed by atoms with Crippen LogP contribution in [-0.2, 0) is 4.79 Å². The lowest BCUT2D eigenvalue weighted by Gasteiger charge is -2.24. The summed E-state index contributed by atoms with van der Waals surface area (Å²) >= 11 is 0. The molecule has 4 N–H and O–H groups in total. The normalized spacial score (nSPS) is 33.7. The van der Waals surface area contributed by atoms with Gasteiger partial charge in [-0.15, -0.1) is 0 Å². The third-order valence-corrected chi connectivity index (χ3v) is 1.42. The second-order valence-corrected chi connectivity index (χ2v) is 2.31. The predicted octanol–water partition coefficient (Wildman–Crippen LogP) is -1.70. The molecule has 1 saturated heterocycles. The Kier molecular flexibility index (Phi) is 2.21. The van der Waals surface area contributed by atoms with Gasteiger partial charge in [-0.05, 0) is 0 Å². The number of aliphatic hydroxyl groups is 1. The molecule has 0 unspecified atom stereocenters. The zero-order valence-corrected chi connectivity index (χ0v) is 5.37. The topological polar surface area (TPSA) is 81.6 Å². The van der Waals surface area contributed by atoms with Gasteiger partial charge < -0.3 is 10.2 Å². The molecular formula is C5H10N2O3. The van der Waals surface area contributed by atoms with Gasteiger partial charge in [-0.2, -0.15) is 0 Å². The Labute approximate surface area is 58.0 Å². The molecule has 0 spiro atoms. The fraction of sp³-hybridized carbons (Fsp3) is 0.800. The van der Waals surface area contributed by atoms with Gasteiger partial charge in [0.15, 0.2) is 0 Å². The zero-order valence-electron chi connectivity index (χ0n) is 5.37. The van der Waals surface area contributed by atoms with Gasteiger partial charge in [-0.3, -0.25) is 10.2 Å². The first-order chi connectivity index (χ1) is 4.70. The summed E-state index contributed by atoms with van der Waals surface area (Å²) in [5.41, 5.74) is 5.12. The number of rotatable bonds is 1. The molecule has 0 aromatic carbocycles. The van der Waals surface area contributed by atoms with Gasteiger partial charge in [0, 0.05) is 13.0 Å². The van der Waals surface area contributed by atoms with Gasteiger partial charge in [0.25, 0.3) is 0 Å². The van der Waals surface area contributed by atoms with Crippen LogP contribution in [0.3, 0.4) is 0 Å². The summed E-state index contributed by atoms with van der Waals surface area (Å²) in [5, 5.41) is 17.4. The summed E-state index contributed by atoms with van der Waals surface area (Å²) < 4.78 is 0. The average molecular weight is 146 g/mol. The van der Waals surface area contributed by atoms with E-state index in [-0.39, 0.29) is 6.42 Å². The van der Waals surface area contributed by atoms with Crippen LogP contribution in [0.25, 0.3) is 0 Å². The minimum atomic E-state index is -0.939. The second kappa shape index (κ2) is 2.96. The van der Waals surface area contributed by atoms with Gasteiger partial charge in [-0.1, -0.05) is 0 Å². The van der Waals surface area contributed by atoms with Crippen LogP contribution in [-0.4, -0.2) is 34.9 Å². The van der Waals surface area contributed by atoms with Gasteiger partial charge >= 0.3 is 5.97 Å². The monoisotopic (exact) mass is 146 g/mol. The first-order valence-electron chi connectivity index (χ1n) is 3.09. The molecule has 1 fully saturated rings. The number of hydrogen-bond acceptors (Lipinski definition) is 4. The Morgan fingerprint density at radius 2 is 2.30 bits per heavy atom. The Hall–Kier alpha value is -0.650. The van der Waals surface area contributed by atoms with Crippen molar-refractivity contribution in [3.05, 3.63) is 0 Å². The molecule has 0 saturated carbocycles. The number of nitrogens with one attached hydrogen (secondary N) is 2. The number of carbonyl (C=O) groups is 1. The molecule has 5 nitrogen and oxygen atoms in total. The molecule has 5 heteroatoms. The van der Waals surface area contributed by atoms with E-state index in [0.717, 1.165) is 0 Å².